The first-order valence-corrected chi connectivity index (χ1v) is 8.63. The molecule has 110 valence electrons. The predicted molar refractivity (Wildman–Crippen MR) is 77.1 cm³/mol. The molecule has 0 bridgehead atoms. The van der Waals surface area contributed by atoms with Gasteiger partial charge in [-0.2, -0.15) is 0 Å². The van der Waals surface area contributed by atoms with E-state index in [1.165, 1.54) is 19.3 Å². The fraction of sp³-hybridized carbons (Fsp3) is 0.889. The Morgan fingerprint density at radius 2 is 1.75 bits per heavy atom. The van der Waals surface area contributed by atoms with E-state index in [9.17, 15) is 9.59 Å². The van der Waals surface area contributed by atoms with Gasteiger partial charge in [0.25, 0.3) is 0 Å². The molecule has 0 spiro atoms. The monoisotopic (exact) mass is 274 g/mol. The van der Waals surface area contributed by atoms with Crippen LogP contribution in [0.15, 0.2) is 0 Å². The quantitative estimate of drug-likeness (QED) is 0.673. The Morgan fingerprint density at radius 1 is 0.950 bits per heavy atom. The molecule has 4 rings (SSSR count). The van der Waals surface area contributed by atoms with Crippen molar-refractivity contribution in [2.75, 3.05) is 0 Å². The van der Waals surface area contributed by atoms with E-state index in [0.29, 0.717) is 23.4 Å². The minimum atomic E-state index is 0.0124. The fourth-order valence-electron chi connectivity index (χ4n) is 6.27. The van der Waals surface area contributed by atoms with Crippen molar-refractivity contribution in [3.63, 3.8) is 0 Å². The Balaban J connectivity index is 1.58. The van der Waals surface area contributed by atoms with Crippen molar-refractivity contribution in [2.45, 2.75) is 64.7 Å². The minimum absolute atomic E-state index is 0.0124. The first-order valence-electron chi connectivity index (χ1n) is 8.63. The highest BCUT2D eigenvalue weighted by atomic mass is 16.1. The van der Waals surface area contributed by atoms with E-state index in [1.54, 1.807) is 0 Å². The lowest BCUT2D eigenvalue weighted by Gasteiger charge is -2.53. The van der Waals surface area contributed by atoms with Gasteiger partial charge in [-0.05, 0) is 68.1 Å². The number of carbonyl (C=O) groups is 2. The molecule has 2 heteroatoms. The zero-order valence-corrected chi connectivity index (χ0v) is 12.6. The third kappa shape index (κ3) is 1.76. The molecule has 0 amide bonds. The van der Waals surface area contributed by atoms with Crippen LogP contribution in [0.2, 0.25) is 0 Å². The summed E-state index contributed by atoms with van der Waals surface area (Å²) in [6.45, 7) is 2.25. The molecular formula is C18H26O2. The van der Waals surface area contributed by atoms with Crippen LogP contribution in [0, 0.1) is 35.0 Å². The first-order chi connectivity index (χ1) is 9.58. The van der Waals surface area contributed by atoms with E-state index in [2.05, 4.69) is 6.92 Å². The molecule has 2 unspecified atom stereocenters. The van der Waals surface area contributed by atoms with E-state index < -0.39 is 0 Å². The SMILES string of the molecule is C[C@]12C[C@H]3CC[C@H]4CC(=O)CC[C@H]4C3CC1CCC2=O. The second-order valence-corrected chi connectivity index (χ2v) is 8.22. The number of fused-ring (bicyclic) bond motifs is 4. The van der Waals surface area contributed by atoms with Gasteiger partial charge in [0.2, 0.25) is 0 Å². The van der Waals surface area contributed by atoms with Crippen molar-refractivity contribution in [2.24, 2.45) is 35.0 Å². The highest BCUT2D eigenvalue weighted by Crippen LogP contribution is 2.60. The molecule has 0 aliphatic heterocycles. The summed E-state index contributed by atoms with van der Waals surface area (Å²) in [5.41, 5.74) is 0.0124. The molecule has 6 atom stereocenters. The summed E-state index contributed by atoms with van der Waals surface area (Å²) < 4.78 is 0. The Labute approximate surface area is 121 Å². The minimum Gasteiger partial charge on any atom is -0.300 e. The summed E-state index contributed by atoms with van der Waals surface area (Å²) in [6, 6.07) is 0. The van der Waals surface area contributed by atoms with Gasteiger partial charge in [0, 0.05) is 24.7 Å². The molecule has 0 saturated heterocycles. The van der Waals surface area contributed by atoms with Crippen LogP contribution in [0.4, 0.5) is 0 Å². The Bertz CT molecular complexity index is 454. The number of rotatable bonds is 0. The summed E-state index contributed by atoms with van der Waals surface area (Å²) in [4.78, 5) is 24.0. The van der Waals surface area contributed by atoms with Gasteiger partial charge in [-0.3, -0.25) is 9.59 Å². The van der Waals surface area contributed by atoms with E-state index in [1.807, 2.05) is 0 Å². The number of carbonyl (C=O) groups excluding carboxylic acids is 2. The molecule has 4 fully saturated rings. The van der Waals surface area contributed by atoms with Gasteiger partial charge in [-0.25, -0.2) is 0 Å². The third-order valence-electron chi connectivity index (χ3n) is 7.42. The summed E-state index contributed by atoms with van der Waals surface area (Å²) in [7, 11) is 0. The zero-order valence-electron chi connectivity index (χ0n) is 12.6. The smallest absolute Gasteiger partial charge is 0.139 e. The molecular weight excluding hydrogens is 248 g/mol. The normalized spacial score (nSPS) is 51.4. The second-order valence-electron chi connectivity index (χ2n) is 8.22. The molecule has 0 aromatic carbocycles. The first kappa shape index (κ1) is 13.0. The van der Waals surface area contributed by atoms with E-state index >= 15 is 0 Å². The maximum atomic E-state index is 12.3. The predicted octanol–water partition coefficient (Wildman–Crippen LogP) is 3.78. The molecule has 4 aliphatic carbocycles. The summed E-state index contributed by atoms with van der Waals surface area (Å²) in [6.07, 6.45) is 9.73. The van der Waals surface area contributed by atoms with Crippen molar-refractivity contribution in [1.29, 1.82) is 0 Å². The molecule has 4 aliphatic rings. The average Bonchev–Trinajstić information content (AvgIpc) is 2.71. The summed E-state index contributed by atoms with van der Waals surface area (Å²) >= 11 is 0. The van der Waals surface area contributed by atoms with E-state index in [4.69, 9.17) is 0 Å². The van der Waals surface area contributed by atoms with Crippen molar-refractivity contribution < 1.29 is 9.59 Å². The molecule has 0 aromatic heterocycles. The maximum absolute atomic E-state index is 12.3. The van der Waals surface area contributed by atoms with Crippen molar-refractivity contribution in [3.05, 3.63) is 0 Å². The van der Waals surface area contributed by atoms with Gasteiger partial charge >= 0.3 is 0 Å². The lowest BCUT2D eigenvalue weighted by Crippen LogP contribution is -2.47. The summed E-state index contributed by atoms with van der Waals surface area (Å²) in [5.74, 6) is 4.76. The number of hydrogen-bond donors (Lipinski definition) is 0. The van der Waals surface area contributed by atoms with Crippen LogP contribution in [0.5, 0.6) is 0 Å². The van der Waals surface area contributed by atoms with Gasteiger partial charge in [0.05, 0.1) is 0 Å². The van der Waals surface area contributed by atoms with Crippen molar-refractivity contribution >= 4 is 11.6 Å². The average molecular weight is 274 g/mol. The van der Waals surface area contributed by atoms with Crippen LogP contribution in [0.3, 0.4) is 0 Å². The molecule has 4 saturated carbocycles. The maximum Gasteiger partial charge on any atom is 0.139 e. The zero-order chi connectivity index (χ0) is 13.9. The number of ketones is 2. The Kier molecular flexibility index (Phi) is 2.88. The molecule has 0 radical (unpaired) electrons. The van der Waals surface area contributed by atoms with Gasteiger partial charge in [0.15, 0.2) is 0 Å². The van der Waals surface area contributed by atoms with E-state index in [-0.39, 0.29) is 5.41 Å². The number of hydrogen-bond acceptors (Lipinski definition) is 2. The lowest BCUT2D eigenvalue weighted by atomic mass is 9.51. The topological polar surface area (TPSA) is 34.1 Å². The standard InChI is InChI=1S/C18H26O2/c1-18-10-12-3-2-11-8-14(19)5-6-15(11)16(12)9-13(18)4-7-17(18)20/h11-13,15-16H,2-10H2,1H3/t11-,12+,13?,15+,16?,18-/m0/s1. The lowest BCUT2D eigenvalue weighted by molar-refractivity contribution is -0.133. The highest BCUT2D eigenvalue weighted by Gasteiger charge is 2.55. The highest BCUT2D eigenvalue weighted by molar-refractivity contribution is 5.87. The van der Waals surface area contributed by atoms with Crippen LogP contribution in [-0.4, -0.2) is 11.6 Å². The van der Waals surface area contributed by atoms with Crippen LogP contribution < -0.4 is 0 Å². The molecule has 0 heterocycles. The van der Waals surface area contributed by atoms with Crippen molar-refractivity contribution in [3.8, 4) is 0 Å². The number of Topliss-reactive ketones (excluding diaryl/α,β-unsaturated/α-hetero) is 2. The van der Waals surface area contributed by atoms with E-state index in [0.717, 1.165) is 56.3 Å². The Hall–Kier alpha value is -0.660. The van der Waals surface area contributed by atoms with Crippen LogP contribution in [-0.2, 0) is 9.59 Å². The fourth-order valence-corrected chi connectivity index (χ4v) is 6.27. The van der Waals surface area contributed by atoms with Gasteiger partial charge < -0.3 is 0 Å². The van der Waals surface area contributed by atoms with Gasteiger partial charge in [0.1, 0.15) is 11.6 Å². The van der Waals surface area contributed by atoms with Crippen molar-refractivity contribution in [1.82, 2.24) is 0 Å². The molecule has 20 heavy (non-hydrogen) atoms. The van der Waals surface area contributed by atoms with Crippen LogP contribution in [0.1, 0.15) is 64.7 Å². The largest absolute Gasteiger partial charge is 0.300 e. The second kappa shape index (κ2) is 4.42. The molecule has 0 N–H and O–H groups in total. The van der Waals surface area contributed by atoms with Gasteiger partial charge in [-0.1, -0.05) is 6.92 Å². The molecule has 0 aromatic rings. The summed E-state index contributed by atoms with van der Waals surface area (Å²) in [5, 5.41) is 0. The molecule has 2 nitrogen and oxygen atoms in total. The van der Waals surface area contributed by atoms with Gasteiger partial charge in [-0.15, -0.1) is 0 Å². The Morgan fingerprint density at radius 3 is 2.60 bits per heavy atom. The van der Waals surface area contributed by atoms with Crippen LogP contribution in [0.25, 0.3) is 0 Å². The van der Waals surface area contributed by atoms with Crippen LogP contribution >= 0.6 is 0 Å². The third-order valence-corrected chi connectivity index (χ3v) is 7.42.